The number of aromatic nitrogens is 1. The van der Waals surface area contributed by atoms with Crippen molar-refractivity contribution >= 4 is 12.4 Å². The Morgan fingerprint density at radius 3 is 1.44 bits per heavy atom. The fourth-order valence-corrected chi connectivity index (χ4v) is 0.313. The molecule has 0 aliphatic heterocycles. The summed E-state index contributed by atoms with van der Waals surface area (Å²) in [4.78, 5) is 3.78. The Morgan fingerprint density at radius 1 is 0.889 bits per heavy atom. The Hall–Kier alpha value is 1.04. The van der Waals surface area contributed by atoms with Crippen LogP contribution in [0.5, 0.6) is 0 Å². The van der Waals surface area contributed by atoms with Gasteiger partial charge in [-0.05, 0) is 12.1 Å². The van der Waals surface area contributed by atoms with Crippen molar-refractivity contribution in [2.24, 2.45) is 0 Å². The van der Waals surface area contributed by atoms with Crippen LogP contribution in [0.4, 0.5) is 0 Å². The summed E-state index contributed by atoms with van der Waals surface area (Å²) in [5.74, 6) is 0. The maximum atomic E-state index is 3.78. The van der Waals surface area contributed by atoms with Crippen LogP contribution in [0.1, 0.15) is 0 Å². The fraction of sp³-hybridized carbons (Fsp3) is 0. The van der Waals surface area contributed by atoms with Crippen molar-refractivity contribution in [1.82, 2.24) is 4.98 Å². The van der Waals surface area contributed by atoms with E-state index in [-0.39, 0.29) is 69.3 Å². The van der Waals surface area contributed by atoms with Gasteiger partial charge in [0.2, 0.25) is 0 Å². The summed E-state index contributed by atoms with van der Waals surface area (Å²) < 4.78 is 0. The van der Waals surface area contributed by atoms with Crippen molar-refractivity contribution in [1.29, 1.82) is 0 Å². The third-order valence-electron chi connectivity index (χ3n) is 0.566. The van der Waals surface area contributed by atoms with Crippen LogP contribution in [0.15, 0.2) is 30.6 Å². The van der Waals surface area contributed by atoms with Crippen LogP contribution in [-0.2, 0) is 0 Å². The third-order valence-corrected chi connectivity index (χ3v) is 0.566. The first-order chi connectivity index (χ1) is 3.00. The van der Waals surface area contributed by atoms with E-state index in [9.17, 15) is 0 Å². The van der Waals surface area contributed by atoms with Crippen molar-refractivity contribution < 1.29 is 56.9 Å². The van der Waals surface area contributed by atoms with Gasteiger partial charge in [-0.3, -0.25) is 4.98 Å². The monoisotopic (exact) mass is 171 g/mol. The number of hydrogen-bond donors (Lipinski definition) is 0. The Labute approximate surface area is 103 Å². The standard InChI is InChI=1S/C5H5N.ClH.K.H2O/c1-2-4-6-5-3-1;;;/h1-5H;1H;;1H2/q;;+1;/p-1. The van der Waals surface area contributed by atoms with Gasteiger partial charge in [0.05, 0.1) is 0 Å². The zero-order valence-corrected chi connectivity index (χ0v) is 9.13. The molecule has 0 aliphatic rings. The Kier molecular flexibility index (Phi) is 21.7. The normalized spacial score (nSPS) is 5.33. The third kappa shape index (κ3) is 9.04. The predicted octanol–water partition coefficient (Wildman–Crippen LogP) is -1.67. The van der Waals surface area contributed by atoms with Gasteiger partial charge >= 0.3 is 51.4 Å². The zero-order valence-electron chi connectivity index (χ0n) is 5.19. The molecule has 0 fully saturated rings. The number of nitrogens with zero attached hydrogens (tertiary/aromatic N) is 1. The Balaban J connectivity index is -0.000000120. The van der Waals surface area contributed by atoms with E-state index in [1.807, 2.05) is 18.2 Å². The molecule has 1 aromatic heterocycles. The summed E-state index contributed by atoms with van der Waals surface area (Å²) in [5.41, 5.74) is 0. The molecule has 0 unspecified atom stereocenters. The van der Waals surface area contributed by atoms with Gasteiger partial charge in [0.1, 0.15) is 0 Å². The van der Waals surface area contributed by atoms with Gasteiger partial charge < -0.3 is 5.48 Å². The molecule has 1 aromatic rings. The molecule has 9 heavy (non-hydrogen) atoms. The van der Waals surface area contributed by atoms with Gasteiger partial charge in [-0.2, -0.15) is 0 Å². The van der Waals surface area contributed by atoms with Crippen LogP contribution in [0.25, 0.3) is 0 Å². The molecular weight excluding hydrogens is 165 g/mol. The van der Waals surface area contributed by atoms with E-state index in [4.69, 9.17) is 0 Å². The second-order valence-electron chi connectivity index (χ2n) is 1.02. The maximum absolute atomic E-state index is 3.78. The van der Waals surface area contributed by atoms with E-state index in [2.05, 4.69) is 4.98 Å². The molecule has 0 atom stereocenters. The van der Waals surface area contributed by atoms with Crippen LogP contribution < -0.4 is 51.4 Å². The average Bonchev–Trinajstić information content (AvgIpc) is 1.72. The largest absolute Gasteiger partial charge is 1.00 e. The topological polar surface area (TPSA) is 42.9 Å². The molecule has 2 nitrogen and oxygen atoms in total. The molecule has 0 amide bonds. The summed E-state index contributed by atoms with van der Waals surface area (Å²) in [6, 6.07) is 5.72. The molecule has 0 saturated carbocycles. The van der Waals surface area contributed by atoms with Gasteiger partial charge in [0.25, 0.3) is 0 Å². The first-order valence-corrected chi connectivity index (χ1v) is 1.85. The van der Waals surface area contributed by atoms with Crippen LogP contribution in [-0.4, -0.2) is 10.5 Å². The van der Waals surface area contributed by atoms with E-state index in [1.165, 1.54) is 0 Å². The van der Waals surface area contributed by atoms with E-state index < -0.39 is 0 Å². The molecule has 1 heterocycles. The first kappa shape index (κ1) is 16.6. The van der Waals surface area contributed by atoms with Crippen molar-refractivity contribution in [2.75, 3.05) is 0 Å². The molecule has 0 radical (unpaired) electrons. The summed E-state index contributed by atoms with van der Waals surface area (Å²) in [5, 5.41) is 0. The second kappa shape index (κ2) is 11.8. The summed E-state index contributed by atoms with van der Waals surface area (Å²) in [7, 11) is 0. The van der Waals surface area contributed by atoms with Gasteiger partial charge in [0, 0.05) is 12.4 Å². The van der Waals surface area contributed by atoms with Crippen LogP contribution in [0, 0.1) is 0 Å². The van der Waals surface area contributed by atoms with Crippen molar-refractivity contribution in [3.8, 4) is 0 Å². The summed E-state index contributed by atoms with van der Waals surface area (Å²) >= 11 is 0. The SMILES string of the molecule is Cl.[K+].[OH-].c1ccncc1. The van der Waals surface area contributed by atoms with E-state index in [0.29, 0.717) is 0 Å². The van der Waals surface area contributed by atoms with Gasteiger partial charge in [-0.15, -0.1) is 12.4 Å². The minimum atomic E-state index is 0. The van der Waals surface area contributed by atoms with E-state index in [0.717, 1.165) is 0 Å². The first-order valence-electron chi connectivity index (χ1n) is 1.85. The zero-order chi connectivity index (χ0) is 4.24. The van der Waals surface area contributed by atoms with E-state index in [1.54, 1.807) is 12.4 Å². The number of rotatable bonds is 0. The predicted molar refractivity (Wildman–Crippen MR) is 33.4 cm³/mol. The number of halogens is 1. The van der Waals surface area contributed by atoms with E-state index >= 15 is 0 Å². The molecule has 0 bridgehead atoms. The number of pyridine rings is 1. The molecule has 0 spiro atoms. The van der Waals surface area contributed by atoms with Gasteiger partial charge in [-0.1, -0.05) is 6.07 Å². The Bertz CT molecular complexity index is 88.9. The van der Waals surface area contributed by atoms with Crippen LogP contribution >= 0.6 is 12.4 Å². The van der Waals surface area contributed by atoms with Crippen LogP contribution in [0.2, 0.25) is 0 Å². The number of hydrogen-bond acceptors (Lipinski definition) is 2. The summed E-state index contributed by atoms with van der Waals surface area (Å²) in [6.07, 6.45) is 3.50. The van der Waals surface area contributed by atoms with Gasteiger partial charge in [-0.25, -0.2) is 0 Å². The quantitative estimate of drug-likeness (QED) is 0.439. The van der Waals surface area contributed by atoms with Crippen molar-refractivity contribution in [2.45, 2.75) is 0 Å². The minimum Gasteiger partial charge on any atom is -0.870 e. The fourth-order valence-electron chi connectivity index (χ4n) is 0.313. The average molecular weight is 172 g/mol. The Morgan fingerprint density at radius 2 is 1.33 bits per heavy atom. The maximum Gasteiger partial charge on any atom is 1.00 e. The molecule has 0 saturated heterocycles. The molecule has 1 rings (SSSR count). The van der Waals surface area contributed by atoms with Crippen LogP contribution in [0.3, 0.4) is 0 Å². The summed E-state index contributed by atoms with van der Waals surface area (Å²) in [6.45, 7) is 0. The second-order valence-corrected chi connectivity index (χ2v) is 1.02. The molecule has 0 aliphatic carbocycles. The molecule has 46 valence electrons. The van der Waals surface area contributed by atoms with Gasteiger partial charge in [0.15, 0.2) is 0 Å². The van der Waals surface area contributed by atoms with Crippen molar-refractivity contribution in [3.63, 3.8) is 0 Å². The smallest absolute Gasteiger partial charge is 0.870 e. The molecular formula is C5H7ClKNO. The van der Waals surface area contributed by atoms with Crippen molar-refractivity contribution in [3.05, 3.63) is 30.6 Å². The minimum absolute atomic E-state index is 0. The molecule has 4 heteroatoms. The molecule has 1 N–H and O–H groups in total. The molecule has 0 aromatic carbocycles.